The Morgan fingerprint density at radius 1 is 0.839 bits per heavy atom. The Balaban J connectivity index is 1.51. The van der Waals surface area contributed by atoms with E-state index in [4.69, 9.17) is 14.2 Å². The zero-order valence-electron chi connectivity index (χ0n) is 16.8. The van der Waals surface area contributed by atoms with E-state index in [0.29, 0.717) is 17.1 Å². The molecular formula is C25H20O6. The first kappa shape index (κ1) is 21.5. The highest BCUT2D eigenvalue weighted by atomic mass is 16.6. The number of benzene rings is 3. The van der Waals surface area contributed by atoms with Gasteiger partial charge in [0.1, 0.15) is 17.1 Å². The molecule has 0 N–H and O–H groups in total. The summed E-state index contributed by atoms with van der Waals surface area (Å²) in [6.45, 7) is -0.538. The molecule has 0 bridgehead atoms. The summed E-state index contributed by atoms with van der Waals surface area (Å²) in [5.41, 5.74) is 1.60. The first-order valence-electron chi connectivity index (χ1n) is 9.45. The molecule has 3 aromatic rings. The van der Waals surface area contributed by atoms with Crippen LogP contribution in [0.4, 0.5) is 0 Å². The predicted octanol–water partition coefficient (Wildman–Crippen LogP) is 4.35. The van der Waals surface area contributed by atoms with Crippen molar-refractivity contribution in [2.75, 3.05) is 13.7 Å². The van der Waals surface area contributed by atoms with E-state index in [2.05, 4.69) is 0 Å². The Bertz CT molecular complexity index is 1080. The maximum absolute atomic E-state index is 12.1. The summed E-state index contributed by atoms with van der Waals surface area (Å²) in [5, 5.41) is 0. The monoisotopic (exact) mass is 416 g/mol. The highest BCUT2D eigenvalue weighted by molar-refractivity contribution is 6.06. The smallest absolute Gasteiger partial charge is 0.349 e. The van der Waals surface area contributed by atoms with Gasteiger partial charge >= 0.3 is 11.9 Å². The van der Waals surface area contributed by atoms with Crippen LogP contribution >= 0.6 is 0 Å². The van der Waals surface area contributed by atoms with Crippen LogP contribution in [-0.2, 0) is 9.53 Å². The average Bonchev–Trinajstić information content (AvgIpc) is 2.82. The minimum atomic E-state index is -0.717. The molecule has 3 rings (SSSR count). The van der Waals surface area contributed by atoms with Crippen molar-refractivity contribution >= 4 is 23.8 Å². The number of ether oxygens (including phenoxy) is 3. The van der Waals surface area contributed by atoms with Crippen LogP contribution in [0.25, 0.3) is 6.08 Å². The summed E-state index contributed by atoms with van der Waals surface area (Å²) in [6.07, 6.45) is 3.16. The maximum Gasteiger partial charge on any atom is 0.349 e. The van der Waals surface area contributed by atoms with Gasteiger partial charge in [0.05, 0.1) is 7.11 Å². The first-order valence-corrected chi connectivity index (χ1v) is 9.45. The number of hydrogen-bond donors (Lipinski definition) is 0. The van der Waals surface area contributed by atoms with Crippen molar-refractivity contribution in [2.45, 2.75) is 0 Å². The van der Waals surface area contributed by atoms with Crippen molar-refractivity contribution in [2.24, 2.45) is 0 Å². The molecule has 0 aliphatic rings. The van der Waals surface area contributed by atoms with Crippen molar-refractivity contribution in [3.63, 3.8) is 0 Å². The van der Waals surface area contributed by atoms with Gasteiger partial charge in [-0.25, -0.2) is 9.59 Å². The van der Waals surface area contributed by atoms with E-state index in [9.17, 15) is 14.4 Å². The maximum atomic E-state index is 12.1. The SMILES string of the molecule is COc1ccccc1C(=O)OCC(=O)Oc1ccc(/C=C/C(=O)c2ccccc2)cc1. The highest BCUT2D eigenvalue weighted by Crippen LogP contribution is 2.18. The number of ketones is 1. The topological polar surface area (TPSA) is 78.9 Å². The molecule has 0 saturated carbocycles. The Kier molecular flexibility index (Phi) is 7.32. The number of esters is 2. The molecule has 3 aromatic carbocycles. The van der Waals surface area contributed by atoms with Gasteiger partial charge in [-0.15, -0.1) is 0 Å². The molecule has 6 heteroatoms. The van der Waals surface area contributed by atoms with Crippen LogP contribution in [-0.4, -0.2) is 31.4 Å². The molecule has 0 radical (unpaired) electrons. The first-order chi connectivity index (χ1) is 15.1. The van der Waals surface area contributed by atoms with Gasteiger partial charge in [0, 0.05) is 5.56 Å². The summed E-state index contributed by atoms with van der Waals surface area (Å²) in [5.74, 6) is -0.850. The minimum absolute atomic E-state index is 0.104. The van der Waals surface area contributed by atoms with Crippen LogP contribution < -0.4 is 9.47 Å². The Morgan fingerprint density at radius 2 is 1.52 bits per heavy atom. The molecule has 0 spiro atoms. The van der Waals surface area contributed by atoms with Gasteiger partial charge < -0.3 is 14.2 Å². The van der Waals surface area contributed by atoms with E-state index in [1.807, 2.05) is 6.07 Å². The van der Waals surface area contributed by atoms with Crippen molar-refractivity contribution in [1.29, 1.82) is 0 Å². The van der Waals surface area contributed by atoms with Crippen molar-refractivity contribution in [3.05, 3.63) is 102 Å². The van der Waals surface area contributed by atoms with Crippen molar-refractivity contribution in [3.8, 4) is 11.5 Å². The van der Waals surface area contributed by atoms with Gasteiger partial charge in [0.2, 0.25) is 0 Å². The van der Waals surface area contributed by atoms with Crippen LogP contribution in [0.2, 0.25) is 0 Å². The number of hydrogen-bond acceptors (Lipinski definition) is 6. The molecule has 0 amide bonds. The molecule has 0 heterocycles. The third-order valence-electron chi connectivity index (χ3n) is 4.25. The molecule has 0 saturated heterocycles. The summed E-state index contributed by atoms with van der Waals surface area (Å²) >= 11 is 0. The van der Waals surface area contributed by atoms with Gasteiger partial charge in [-0.2, -0.15) is 0 Å². The van der Waals surface area contributed by atoms with E-state index >= 15 is 0 Å². The molecule has 0 atom stereocenters. The fraction of sp³-hybridized carbons (Fsp3) is 0.0800. The van der Waals surface area contributed by atoms with E-state index < -0.39 is 18.5 Å². The van der Waals surface area contributed by atoms with Crippen molar-refractivity contribution < 1.29 is 28.6 Å². The number of rotatable bonds is 8. The lowest BCUT2D eigenvalue weighted by atomic mass is 10.1. The number of para-hydroxylation sites is 1. The standard InChI is InChI=1S/C25H20O6/c1-29-23-10-6-5-9-21(23)25(28)30-17-24(27)31-20-14-11-18(12-15-20)13-16-22(26)19-7-3-2-4-8-19/h2-16H,17H2,1H3/b16-13+. The predicted molar refractivity (Wildman–Crippen MR) is 115 cm³/mol. The van der Waals surface area contributed by atoms with E-state index in [1.54, 1.807) is 78.9 Å². The van der Waals surface area contributed by atoms with Crippen LogP contribution in [0.3, 0.4) is 0 Å². The molecule has 0 fully saturated rings. The Labute approximate surface area is 179 Å². The summed E-state index contributed by atoms with van der Waals surface area (Å²) in [4.78, 5) is 36.2. The molecule has 0 aliphatic carbocycles. The second-order valence-electron chi connectivity index (χ2n) is 6.38. The molecule has 0 unspecified atom stereocenters. The Hall–Kier alpha value is -4.19. The van der Waals surface area contributed by atoms with Crippen molar-refractivity contribution in [1.82, 2.24) is 0 Å². The Morgan fingerprint density at radius 3 is 2.23 bits per heavy atom. The second kappa shape index (κ2) is 10.5. The average molecular weight is 416 g/mol. The van der Waals surface area contributed by atoms with E-state index in [1.165, 1.54) is 13.2 Å². The van der Waals surface area contributed by atoms with Crippen LogP contribution in [0.15, 0.2) is 84.9 Å². The van der Waals surface area contributed by atoms with Crippen LogP contribution in [0.1, 0.15) is 26.3 Å². The fourth-order valence-corrected chi connectivity index (χ4v) is 2.69. The zero-order valence-corrected chi connectivity index (χ0v) is 16.8. The molecular weight excluding hydrogens is 396 g/mol. The molecule has 156 valence electrons. The van der Waals surface area contributed by atoms with Gasteiger partial charge in [0.25, 0.3) is 0 Å². The lowest BCUT2D eigenvalue weighted by Gasteiger charge is -2.08. The third-order valence-corrected chi connectivity index (χ3v) is 4.25. The quantitative estimate of drug-likeness (QED) is 0.235. The van der Waals surface area contributed by atoms with Gasteiger partial charge in [0.15, 0.2) is 12.4 Å². The van der Waals surface area contributed by atoms with Gasteiger partial charge in [-0.3, -0.25) is 4.79 Å². The van der Waals surface area contributed by atoms with E-state index in [0.717, 1.165) is 5.56 Å². The van der Waals surface area contributed by atoms with E-state index in [-0.39, 0.29) is 11.3 Å². The lowest BCUT2D eigenvalue weighted by molar-refractivity contribution is -0.137. The second-order valence-corrected chi connectivity index (χ2v) is 6.38. The fourth-order valence-electron chi connectivity index (χ4n) is 2.69. The summed E-state index contributed by atoms with van der Waals surface area (Å²) in [7, 11) is 1.44. The van der Waals surface area contributed by atoms with Crippen LogP contribution in [0.5, 0.6) is 11.5 Å². The zero-order chi connectivity index (χ0) is 22.1. The third kappa shape index (κ3) is 6.14. The molecule has 0 aromatic heterocycles. The summed E-state index contributed by atoms with van der Waals surface area (Å²) < 4.78 is 15.3. The largest absolute Gasteiger partial charge is 0.496 e. The number of carbonyl (C=O) groups is 3. The number of carbonyl (C=O) groups excluding carboxylic acids is 3. The molecule has 31 heavy (non-hydrogen) atoms. The van der Waals surface area contributed by atoms with Crippen LogP contribution in [0, 0.1) is 0 Å². The minimum Gasteiger partial charge on any atom is -0.496 e. The normalized spacial score (nSPS) is 10.5. The van der Waals surface area contributed by atoms with Gasteiger partial charge in [-0.05, 0) is 35.9 Å². The number of methoxy groups -OCH3 is 1. The molecule has 0 aliphatic heterocycles. The highest BCUT2D eigenvalue weighted by Gasteiger charge is 2.15. The summed E-state index contributed by atoms with van der Waals surface area (Å²) in [6, 6.07) is 22.1. The molecule has 6 nitrogen and oxygen atoms in total. The lowest BCUT2D eigenvalue weighted by Crippen LogP contribution is -2.19. The van der Waals surface area contributed by atoms with Gasteiger partial charge in [-0.1, -0.05) is 60.7 Å². The number of allylic oxidation sites excluding steroid dienone is 1.